The van der Waals surface area contributed by atoms with E-state index in [4.69, 9.17) is 19.6 Å². The van der Waals surface area contributed by atoms with E-state index < -0.39 is 11.4 Å². The lowest BCUT2D eigenvalue weighted by molar-refractivity contribution is -0.545. The monoisotopic (exact) mass is 216 g/mol. The van der Waals surface area contributed by atoms with E-state index in [2.05, 4.69) is 27.7 Å². The third-order valence-electron chi connectivity index (χ3n) is 3.42. The Balaban J connectivity index is 2.25. The predicted molar refractivity (Wildman–Crippen MR) is 53.6 cm³/mol. The Morgan fingerprint density at radius 1 is 1.13 bits per heavy atom. The summed E-state index contributed by atoms with van der Waals surface area (Å²) >= 11 is 0. The summed E-state index contributed by atoms with van der Waals surface area (Å²) in [5, 5.41) is 0. The van der Waals surface area contributed by atoms with Crippen molar-refractivity contribution < 1.29 is 19.6 Å². The maximum atomic E-state index is 5.42. The Kier molecular flexibility index (Phi) is 2.39. The van der Waals surface area contributed by atoms with Crippen LogP contribution >= 0.6 is 0 Å². The topological polar surface area (TPSA) is 43.5 Å². The summed E-state index contributed by atoms with van der Waals surface area (Å²) in [6.07, 6.45) is 2.07. The molecule has 0 aliphatic carbocycles. The lowest BCUT2D eigenvalue weighted by atomic mass is 9.67. The SMILES string of the molecule is CCCC1OOC1(C(C)(C)C)C1(C)OO1. The van der Waals surface area contributed by atoms with Gasteiger partial charge in [-0.1, -0.05) is 34.1 Å². The zero-order valence-electron chi connectivity index (χ0n) is 10.1. The predicted octanol–water partition coefficient (Wildman–Crippen LogP) is 2.58. The molecule has 0 aromatic rings. The first kappa shape index (κ1) is 11.3. The molecule has 2 aliphatic rings. The molecule has 15 heavy (non-hydrogen) atoms. The van der Waals surface area contributed by atoms with Gasteiger partial charge >= 0.3 is 0 Å². The van der Waals surface area contributed by atoms with Crippen LogP contribution in [0.15, 0.2) is 0 Å². The molecule has 2 atom stereocenters. The van der Waals surface area contributed by atoms with Crippen molar-refractivity contribution in [3.8, 4) is 0 Å². The lowest BCUT2D eigenvalue weighted by Gasteiger charge is -2.54. The van der Waals surface area contributed by atoms with Gasteiger partial charge in [0.2, 0.25) is 0 Å². The molecule has 2 rings (SSSR count). The average molecular weight is 216 g/mol. The standard InChI is InChI=1S/C11H20O4/c1-6-7-8-11(15-12-8,9(2,3)4)10(5)13-14-10/h8H,6-7H2,1-5H3. The molecule has 2 unspecified atom stereocenters. The highest BCUT2D eigenvalue weighted by molar-refractivity contribution is 5.11. The number of hydrogen-bond acceptors (Lipinski definition) is 4. The van der Waals surface area contributed by atoms with Gasteiger partial charge in [-0.3, -0.25) is 0 Å². The molecule has 0 bridgehead atoms. The van der Waals surface area contributed by atoms with Gasteiger partial charge in [0.05, 0.1) is 0 Å². The summed E-state index contributed by atoms with van der Waals surface area (Å²) in [4.78, 5) is 20.8. The Morgan fingerprint density at radius 3 is 2.00 bits per heavy atom. The first-order valence-electron chi connectivity index (χ1n) is 5.59. The third kappa shape index (κ3) is 1.35. The van der Waals surface area contributed by atoms with Crippen LogP contribution in [0.3, 0.4) is 0 Å². The highest BCUT2D eigenvalue weighted by atomic mass is 17.4. The average Bonchev–Trinajstić information content (AvgIpc) is 2.75. The Bertz CT molecular complexity index is 247. The highest BCUT2D eigenvalue weighted by Crippen LogP contribution is 2.59. The lowest BCUT2D eigenvalue weighted by Crippen LogP contribution is -2.70. The summed E-state index contributed by atoms with van der Waals surface area (Å²) in [6, 6.07) is 0. The minimum Gasteiger partial charge on any atom is -0.229 e. The van der Waals surface area contributed by atoms with Gasteiger partial charge in [0.1, 0.15) is 6.10 Å². The van der Waals surface area contributed by atoms with Gasteiger partial charge in [-0.2, -0.15) is 9.78 Å². The first-order chi connectivity index (χ1) is 6.87. The van der Waals surface area contributed by atoms with E-state index in [9.17, 15) is 0 Å². The second-order valence-electron chi connectivity index (χ2n) is 5.55. The molecule has 0 aromatic heterocycles. The second kappa shape index (κ2) is 3.17. The van der Waals surface area contributed by atoms with Crippen molar-refractivity contribution >= 4 is 0 Å². The molecule has 2 fully saturated rings. The van der Waals surface area contributed by atoms with Crippen LogP contribution < -0.4 is 0 Å². The van der Waals surface area contributed by atoms with Crippen molar-refractivity contribution in [1.29, 1.82) is 0 Å². The fraction of sp³-hybridized carbons (Fsp3) is 1.00. The van der Waals surface area contributed by atoms with Crippen LogP contribution in [0.5, 0.6) is 0 Å². The highest BCUT2D eigenvalue weighted by Gasteiger charge is 2.77. The third-order valence-corrected chi connectivity index (χ3v) is 3.42. The van der Waals surface area contributed by atoms with Gasteiger partial charge in [-0.05, 0) is 13.3 Å². The van der Waals surface area contributed by atoms with Gasteiger partial charge in [0.25, 0.3) is 5.79 Å². The van der Waals surface area contributed by atoms with Crippen molar-refractivity contribution in [2.24, 2.45) is 5.41 Å². The Hall–Kier alpha value is -0.160. The van der Waals surface area contributed by atoms with Gasteiger partial charge in [0.15, 0.2) is 5.60 Å². The fourth-order valence-electron chi connectivity index (χ4n) is 2.57. The molecule has 2 saturated heterocycles. The minimum atomic E-state index is -0.649. The first-order valence-corrected chi connectivity index (χ1v) is 5.59. The molecular weight excluding hydrogens is 196 g/mol. The van der Waals surface area contributed by atoms with E-state index in [0.29, 0.717) is 0 Å². The van der Waals surface area contributed by atoms with Crippen molar-refractivity contribution in [2.75, 3.05) is 0 Å². The largest absolute Gasteiger partial charge is 0.266 e. The fourth-order valence-corrected chi connectivity index (χ4v) is 2.57. The van der Waals surface area contributed by atoms with Crippen molar-refractivity contribution in [3.63, 3.8) is 0 Å². The maximum Gasteiger partial charge on any atom is 0.266 e. The molecular formula is C11H20O4. The van der Waals surface area contributed by atoms with E-state index in [1.165, 1.54) is 0 Å². The molecule has 0 saturated carbocycles. The van der Waals surface area contributed by atoms with Crippen LogP contribution in [-0.2, 0) is 19.6 Å². The molecule has 2 aliphatic heterocycles. The minimum absolute atomic E-state index is 0.0509. The summed E-state index contributed by atoms with van der Waals surface area (Å²) in [6.45, 7) is 10.4. The van der Waals surface area contributed by atoms with Gasteiger partial charge in [-0.25, -0.2) is 9.78 Å². The second-order valence-corrected chi connectivity index (χ2v) is 5.55. The van der Waals surface area contributed by atoms with Gasteiger partial charge in [-0.15, -0.1) is 0 Å². The molecule has 0 aromatic carbocycles. The Labute approximate surface area is 90.7 Å². The molecule has 88 valence electrons. The number of rotatable bonds is 3. The summed E-state index contributed by atoms with van der Waals surface area (Å²) in [5.74, 6) is -0.649. The molecule has 4 heteroatoms. The van der Waals surface area contributed by atoms with Crippen molar-refractivity contribution in [2.45, 2.75) is 65.0 Å². The summed E-state index contributed by atoms with van der Waals surface area (Å²) in [5.41, 5.74) is -0.577. The zero-order valence-corrected chi connectivity index (χ0v) is 10.1. The molecule has 4 nitrogen and oxygen atoms in total. The number of hydrogen-bond donors (Lipinski definition) is 0. The van der Waals surface area contributed by atoms with Gasteiger partial charge < -0.3 is 0 Å². The van der Waals surface area contributed by atoms with E-state index >= 15 is 0 Å². The molecule has 0 amide bonds. The molecule has 2 heterocycles. The van der Waals surface area contributed by atoms with Crippen molar-refractivity contribution in [1.82, 2.24) is 0 Å². The van der Waals surface area contributed by atoms with Crippen LogP contribution in [0, 0.1) is 5.41 Å². The quantitative estimate of drug-likeness (QED) is 0.537. The normalized spacial score (nSPS) is 38.6. The molecule has 0 spiro atoms. The van der Waals surface area contributed by atoms with E-state index in [-0.39, 0.29) is 11.5 Å². The van der Waals surface area contributed by atoms with Crippen LogP contribution in [0.2, 0.25) is 0 Å². The van der Waals surface area contributed by atoms with Crippen LogP contribution in [0.25, 0.3) is 0 Å². The summed E-state index contributed by atoms with van der Waals surface area (Å²) in [7, 11) is 0. The molecule has 0 radical (unpaired) electrons. The van der Waals surface area contributed by atoms with Crippen LogP contribution in [0.1, 0.15) is 47.5 Å². The molecule has 0 N–H and O–H groups in total. The van der Waals surface area contributed by atoms with Gasteiger partial charge in [0, 0.05) is 5.41 Å². The van der Waals surface area contributed by atoms with E-state index in [0.717, 1.165) is 12.8 Å². The smallest absolute Gasteiger partial charge is 0.229 e. The Morgan fingerprint density at radius 2 is 1.73 bits per heavy atom. The van der Waals surface area contributed by atoms with Crippen LogP contribution in [0.4, 0.5) is 0 Å². The zero-order chi connectivity index (χ0) is 11.3. The van der Waals surface area contributed by atoms with E-state index in [1.807, 2.05) is 6.92 Å². The summed E-state index contributed by atoms with van der Waals surface area (Å²) < 4.78 is 0. The maximum absolute atomic E-state index is 5.42. The van der Waals surface area contributed by atoms with Crippen LogP contribution in [-0.4, -0.2) is 17.5 Å². The van der Waals surface area contributed by atoms with E-state index in [1.54, 1.807) is 0 Å². The van der Waals surface area contributed by atoms with Crippen molar-refractivity contribution in [3.05, 3.63) is 0 Å².